The second kappa shape index (κ2) is 5.94. The van der Waals surface area contributed by atoms with Crippen LogP contribution in [0.1, 0.15) is 24.8 Å². The Bertz CT molecular complexity index is 491. The lowest BCUT2D eigenvalue weighted by Crippen LogP contribution is -2.37. The molecule has 0 saturated heterocycles. The van der Waals surface area contributed by atoms with Gasteiger partial charge < -0.3 is 15.2 Å². The topological polar surface area (TPSA) is 75.6 Å². The number of carboxylic acids is 1. The quantitative estimate of drug-likeness (QED) is 0.586. The van der Waals surface area contributed by atoms with Crippen molar-refractivity contribution in [1.82, 2.24) is 5.32 Å². The minimum absolute atomic E-state index is 0.347. The molecule has 1 amide bonds. The molecule has 5 nitrogen and oxygen atoms in total. The Morgan fingerprint density at radius 3 is 2.45 bits per heavy atom. The van der Waals surface area contributed by atoms with Gasteiger partial charge in [0.1, 0.15) is 11.2 Å². The molecule has 0 aromatic heterocycles. The molecular weight excluding hydrogens is 258 g/mol. The van der Waals surface area contributed by atoms with Gasteiger partial charge in [0.05, 0.1) is 7.11 Å². The molecule has 1 aliphatic carbocycles. The Kier molecular flexibility index (Phi) is 4.27. The van der Waals surface area contributed by atoms with Crippen LogP contribution in [0.3, 0.4) is 0 Å². The van der Waals surface area contributed by atoms with Gasteiger partial charge in [-0.15, -0.1) is 0 Å². The third-order valence-electron chi connectivity index (χ3n) is 3.68. The van der Waals surface area contributed by atoms with E-state index in [9.17, 15) is 9.59 Å². The van der Waals surface area contributed by atoms with Crippen LogP contribution in [0.4, 0.5) is 0 Å². The lowest BCUT2D eigenvalue weighted by atomic mass is 10.1. The van der Waals surface area contributed by atoms with Crippen molar-refractivity contribution in [3.05, 3.63) is 29.8 Å². The first-order valence-corrected chi connectivity index (χ1v) is 6.73. The first-order valence-electron chi connectivity index (χ1n) is 6.73. The van der Waals surface area contributed by atoms with E-state index in [-0.39, 0.29) is 5.91 Å². The van der Waals surface area contributed by atoms with Crippen molar-refractivity contribution in [2.24, 2.45) is 5.41 Å². The second-order valence-corrected chi connectivity index (χ2v) is 5.09. The summed E-state index contributed by atoms with van der Waals surface area (Å²) in [6, 6.07) is 7.77. The van der Waals surface area contributed by atoms with Gasteiger partial charge in [-0.3, -0.25) is 9.59 Å². The standard InChI is InChI=1S/C15H19NO4/c1-20-12-6-4-11(5-7-12)3-2-10-16-13(17)15(8-9-15)14(18)19/h4-7H,2-3,8-10H2,1H3,(H,16,17)(H,18,19). The summed E-state index contributed by atoms with van der Waals surface area (Å²) < 4.78 is 5.08. The van der Waals surface area contributed by atoms with Gasteiger partial charge in [0.25, 0.3) is 0 Å². The summed E-state index contributed by atoms with van der Waals surface area (Å²) in [5.41, 5.74) is 0.0274. The zero-order valence-corrected chi connectivity index (χ0v) is 11.5. The minimum Gasteiger partial charge on any atom is -0.497 e. The summed E-state index contributed by atoms with van der Waals surface area (Å²) in [5.74, 6) is -0.538. The summed E-state index contributed by atoms with van der Waals surface area (Å²) in [7, 11) is 1.63. The fourth-order valence-corrected chi connectivity index (χ4v) is 2.12. The van der Waals surface area contributed by atoms with Crippen molar-refractivity contribution in [3.63, 3.8) is 0 Å². The molecule has 20 heavy (non-hydrogen) atoms. The second-order valence-electron chi connectivity index (χ2n) is 5.09. The zero-order chi connectivity index (χ0) is 14.6. The fourth-order valence-electron chi connectivity index (χ4n) is 2.12. The van der Waals surface area contributed by atoms with E-state index in [0.29, 0.717) is 19.4 Å². The van der Waals surface area contributed by atoms with Crippen molar-refractivity contribution in [1.29, 1.82) is 0 Å². The van der Waals surface area contributed by atoms with E-state index in [2.05, 4.69) is 5.32 Å². The highest BCUT2D eigenvalue weighted by Crippen LogP contribution is 2.46. The average Bonchev–Trinajstić information content (AvgIpc) is 3.25. The van der Waals surface area contributed by atoms with Gasteiger partial charge in [0.15, 0.2) is 0 Å². The number of aryl methyl sites for hydroxylation is 1. The van der Waals surface area contributed by atoms with Crippen LogP contribution < -0.4 is 10.1 Å². The molecule has 1 saturated carbocycles. The monoisotopic (exact) mass is 277 g/mol. The van der Waals surface area contributed by atoms with Crippen LogP contribution >= 0.6 is 0 Å². The molecule has 2 N–H and O–H groups in total. The maximum Gasteiger partial charge on any atom is 0.319 e. The number of hydrogen-bond donors (Lipinski definition) is 2. The molecule has 0 spiro atoms. The molecule has 0 atom stereocenters. The Morgan fingerprint density at radius 2 is 1.95 bits per heavy atom. The third-order valence-corrected chi connectivity index (χ3v) is 3.68. The van der Waals surface area contributed by atoms with E-state index in [1.807, 2.05) is 24.3 Å². The van der Waals surface area contributed by atoms with Crippen LogP contribution in [-0.2, 0) is 16.0 Å². The number of aliphatic carboxylic acids is 1. The van der Waals surface area contributed by atoms with E-state index in [4.69, 9.17) is 9.84 Å². The van der Waals surface area contributed by atoms with Crippen LogP contribution in [0.15, 0.2) is 24.3 Å². The number of benzene rings is 1. The summed E-state index contributed by atoms with van der Waals surface area (Å²) in [5, 5.41) is 11.7. The van der Waals surface area contributed by atoms with Crippen LogP contribution in [0.2, 0.25) is 0 Å². The molecule has 0 radical (unpaired) electrons. The number of carbonyl (C=O) groups is 2. The molecule has 1 aromatic rings. The highest BCUT2D eigenvalue weighted by molar-refractivity contribution is 6.04. The van der Waals surface area contributed by atoms with E-state index in [1.54, 1.807) is 7.11 Å². The SMILES string of the molecule is COc1ccc(CCCNC(=O)C2(C(=O)O)CC2)cc1. The molecule has 0 aliphatic heterocycles. The largest absolute Gasteiger partial charge is 0.497 e. The van der Waals surface area contributed by atoms with Crippen LogP contribution in [0.5, 0.6) is 5.75 Å². The lowest BCUT2D eigenvalue weighted by Gasteiger charge is -2.10. The number of amides is 1. The average molecular weight is 277 g/mol. The number of nitrogens with one attached hydrogen (secondary N) is 1. The molecule has 1 aliphatic rings. The molecule has 0 heterocycles. The molecule has 108 valence electrons. The van der Waals surface area contributed by atoms with Crippen molar-refractivity contribution < 1.29 is 19.4 Å². The molecule has 0 unspecified atom stereocenters. The van der Waals surface area contributed by atoms with Crippen molar-refractivity contribution in [2.45, 2.75) is 25.7 Å². The normalized spacial score (nSPS) is 15.4. The Hall–Kier alpha value is -2.04. The highest BCUT2D eigenvalue weighted by Gasteiger charge is 2.56. The maximum absolute atomic E-state index is 11.8. The van der Waals surface area contributed by atoms with Gasteiger partial charge in [-0.25, -0.2) is 0 Å². The van der Waals surface area contributed by atoms with Gasteiger partial charge in [0.2, 0.25) is 5.91 Å². The van der Waals surface area contributed by atoms with Gasteiger partial charge in [0, 0.05) is 6.54 Å². The summed E-state index contributed by atoms with van der Waals surface area (Å²) >= 11 is 0. The van der Waals surface area contributed by atoms with Crippen LogP contribution in [-0.4, -0.2) is 30.6 Å². The maximum atomic E-state index is 11.8. The first-order chi connectivity index (χ1) is 9.58. The van der Waals surface area contributed by atoms with Gasteiger partial charge in [-0.05, 0) is 43.4 Å². The van der Waals surface area contributed by atoms with Crippen molar-refractivity contribution >= 4 is 11.9 Å². The molecule has 0 bridgehead atoms. The minimum atomic E-state index is -1.14. The zero-order valence-electron chi connectivity index (χ0n) is 11.5. The smallest absolute Gasteiger partial charge is 0.319 e. The Morgan fingerprint density at radius 1 is 1.30 bits per heavy atom. The van der Waals surface area contributed by atoms with Crippen LogP contribution in [0.25, 0.3) is 0 Å². The van der Waals surface area contributed by atoms with E-state index in [1.165, 1.54) is 5.56 Å². The molecule has 1 fully saturated rings. The van der Waals surface area contributed by atoms with E-state index in [0.717, 1.165) is 18.6 Å². The lowest BCUT2D eigenvalue weighted by molar-refractivity contribution is -0.149. The number of carboxylic acid groups (broad SMARTS) is 1. The molecule has 1 aromatic carbocycles. The number of rotatable bonds is 7. The van der Waals surface area contributed by atoms with E-state index >= 15 is 0 Å². The number of methoxy groups -OCH3 is 1. The third kappa shape index (κ3) is 3.10. The number of ether oxygens (including phenoxy) is 1. The Labute approximate surface area is 117 Å². The predicted molar refractivity (Wildman–Crippen MR) is 73.6 cm³/mol. The Balaban J connectivity index is 1.71. The van der Waals surface area contributed by atoms with Gasteiger partial charge in [-0.2, -0.15) is 0 Å². The predicted octanol–water partition coefficient (Wildman–Crippen LogP) is 1.61. The summed E-state index contributed by atoms with van der Waals surface area (Å²) in [6.07, 6.45) is 2.53. The van der Waals surface area contributed by atoms with Gasteiger partial charge in [-0.1, -0.05) is 12.1 Å². The molecule has 2 rings (SSSR count). The molecule has 5 heteroatoms. The van der Waals surface area contributed by atoms with Crippen molar-refractivity contribution in [2.75, 3.05) is 13.7 Å². The number of hydrogen-bond acceptors (Lipinski definition) is 3. The van der Waals surface area contributed by atoms with Gasteiger partial charge >= 0.3 is 5.97 Å². The van der Waals surface area contributed by atoms with E-state index < -0.39 is 11.4 Å². The first kappa shape index (κ1) is 14.4. The van der Waals surface area contributed by atoms with Crippen LogP contribution in [0, 0.1) is 5.41 Å². The number of carbonyl (C=O) groups excluding carboxylic acids is 1. The summed E-state index contributed by atoms with van der Waals surface area (Å²) in [6.45, 7) is 0.500. The highest BCUT2D eigenvalue weighted by atomic mass is 16.5. The van der Waals surface area contributed by atoms with Crippen molar-refractivity contribution in [3.8, 4) is 5.75 Å². The fraction of sp³-hybridized carbons (Fsp3) is 0.467. The summed E-state index contributed by atoms with van der Waals surface area (Å²) in [4.78, 5) is 22.7. The molecular formula is C15H19NO4.